The number of nitro groups is 1. The standard InChI is InChI=1S/C24H26N4O3S/c1-15(2)19-7-5-8-20(16(3)4)22(19)27-24(29)26-17-10-12-18(13-11-17)32-23-21(28(30)31)9-6-14-25-23/h5-16H,1-4H3,(H2,26,27,29). The first-order valence-electron chi connectivity index (χ1n) is 10.3. The van der Waals surface area contributed by atoms with Gasteiger partial charge in [0.05, 0.1) is 4.92 Å². The summed E-state index contributed by atoms with van der Waals surface area (Å²) in [6.45, 7) is 8.41. The zero-order chi connectivity index (χ0) is 23.3. The molecule has 0 radical (unpaired) electrons. The molecular formula is C24H26N4O3S. The van der Waals surface area contributed by atoms with E-state index in [-0.39, 0.29) is 23.6 Å². The summed E-state index contributed by atoms with van der Waals surface area (Å²) in [5.74, 6) is 0.548. The number of nitrogens with zero attached hydrogens (tertiary/aromatic N) is 2. The van der Waals surface area contributed by atoms with Crippen molar-refractivity contribution >= 4 is 34.9 Å². The van der Waals surface area contributed by atoms with Crippen molar-refractivity contribution in [2.24, 2.45) is 0 Å². The van der Waals surface area contributed by atoms with Crippen LogP contribution in [0.3, 0.4) is 0 Å². The van der Waals surface area contributed by atoms with Crippen LogP contribution in [0.2, 0.25) is 0 Å². The minimum Gasteiger partial charge on any atom is -0.308 e. The predicted molar refractivity (Wildman–Crippen MR) is 129 cm³/mol. The molecule has 0 aliphatic heterocycles. The maximum atomic E-state index is 12.7. The monoisotopic (exact) mass is 450 g/mol. The van der Waals surface area contributed by atoms with Crippen LogP contribution in [-0.2, 0) is 0 Å². The van der Waals surface area contributed by atoms with E-state index >= 15 is 0 Å². The van der Waals surface area contributed by atoms with E-state index in [1.165, 1.54) is 30.1 Å². The van der Waals surface area contributed by atoms with Gasteiger partial charge >= 0.3 is 11.7 Å². The lowest BCUT2D eigenvalue weighted by atomic mass is 9.93. The molecule has 0 aliphatic carbocycles. The molecular weight excluding hydrogens is 424 g/mol. The minimum absolute atomic E-state index is 0.0381. The number of pyridine rings is 1. The quantitative estimate of drug-likeness (QED) is 0.297. The molecule has 0 unspecified atom stereocenters. The lowest BCUT2D eigenvalue weighted by molar-refractivity contribution is -0.388. The van der Waals surface area contributed by atoms with Crippen molar-refractivity contribution in [3.05, 3.63) is 82.0 Å². The predicted octanol–water partition coefficient (Wildman–Crippen LogP) is 7.03. The Morgan fingerprint density at radius 2 is 1.56 bits per heavy atom. The maximum absolute atomic E-state index is 12.7. The van der Waals surface area contributed by atoms with Gasteiger partial charge in [-0.2, -0.15) is 0 Å². The fraction of sp³-hybridized carbons (Fsp3) is 0.250. The largest absolute Gasteiger partial charge is 0.323 e. The van der Waals surface area contributed by atoms with E-state index in [9.17, 15) is 14.9 Å². The summed E-state index contributed by atoms with van der Waals surface area (Å²) in [5, 5.41) is 17.4. The van der Waals surface area contributed by atoms with Crippen LogP contribution in [0, 0.1) is 10.1 Å². The summed E-state index contributed by atoms with van der Waals surface area (Å²) < 4.78 is 0. The van der Waals surface area contributed by atoms with Gasteiger partial charge < -0.3 is 10.6 Å². The Morgan fingerprint density at radius 3 is 2.12 bits per heavy atom. The fourth-order valence-electron chi connectivity index (χ4n) is 3.29. The summed E-state index contributed by atoms with van der Waals surface area (Å²) in [6.07, 6.45) is 1.52. The smallest absolute Gasteiger partial charge is 0.308 e. The third-order valence-electron chi connectivity index (χ3n) is 4.89. The van der Waals surface area contributed by atoms with Gasteiger partial charge in [-0.15, -0.1) is 0 Å². The molecule has 0 spiro atoms. The van der Waals surface area contributed by atoms with Crippen LogP contribution in [0.4, 0.5) is 21.9 Å². The van der Waals surface area contributed by atoms with Crippen molar-refractivity contribution in [1.29, 1.82) is 0 Å². The first-order chi connectivity index (χ1) is 15.3. The maximum Gasteiger partial charge on any atom is 0.323 e. The lowest BCUT2D eigenvalue weighted by Crippen LogP contribution is -2.21. The SMILES string of the molecule is CC(C)c1cccc(C(C)C)c1NC(=O)Nc1ccc(Sc2ncccc2[N+](=O)[O-])cc1. The highest BCUT2D eigenvalue weighted by atomic mass is 32.2. The van der Waals surface area contributed by atoms with E-state index in [2.05, 4.69) is 43.3 Å². The second-order valence-corrected chi connectivity index (χ2v) is 8.97. The minimum atomic E-state index is -0.448. The molecule has 0 bridgehead atoms. The third kappa shape index (κ3) is 5.64. The number of benzene rings is 2. The molecule has 0 aliphatic rings. The summed E-state index contributed by atoms with van der Waals surface area (Å²) in [4.78, 5) is 28.3. The van der Waals surface area contributed by atoms with Gasteiger partial charge in [0.15, 0.2) is 5.03 Å². The number of anilines is 2. The average molecular weight is 451 g/mol. The Morgan fingerprint density at radius 1 is 0.938 bits per heavy atom. The highest BCUT2D eigenvalue weighted by Crippen LogP contribution is 2.34. The Balaban J connectivity index is 1.72. The normalized spacial score (nSPS) is 10.9. The van der Waals surface area contributed by atoms with Crippen LogP contribution in [0.15, 0.2) is 70.7 Å². The van der Waals surface area contributed by atoms with Crippen molar-refractivity contribution < 1.29 is 9.72 Å². The Kier molecular flexibility index (Phi) is 7.48. The lowest BCUT2D eigenvalue weighted by Gasteiger charge is -2.20. The van der Waals surface area contributed by atoms with Crippen LogP contribution in [0.1, 0.15) is 50.7 Å². The number of carbonyl (C=O) groups excluding carboxylic acids is 1. The molecule has 2 amide bonds. The number of amides is 2. The molecule has 0 saturated carbocycles. The molecule has 166 valence electrons. The number of para-hydroxylation sites is 1. The second-order valence-electron chi connectivity index (χ2n) is 7.91. The number of carbonyl (C=O) groups is 1. The van der Waals surface area contributed by atoms with Crippen LogP contribution >= 0.6 is 11.8 Å². The molecule has 3 aromatic rings. The summed E-state index contributed by atoms with van der Waals surface area (Å²) in [7, 11) is 0. The van der Waals surface area contributed by atoms with E-state index in [1.807, 2.05) is 18.2 Å². The second kappa shape index (κ2) is 10.3. The first-order valence-corrected chi connectivity index (χ1v) is 11.2. The third-order valence-corrected chi connectivity index (χ3v) is 5.90. The van der Waals surface area contributed by atoms with Crippen LogP contribution < -0.4 is 10.6 Å². The highest BCUT2D eigenvalue weighted by molar-refractivity contribution is 7.99. The summed E-state index contributed by atoms with van der Waals surface area (Å²) in [5.41, 5.74) is 3.62. The van der Waals surface area contributed by atoms with Crippen LogP contribution in [0.5, 0.6) is 0 Å². The van der Waals surface area contributed by atoms with Gasteiger partial charge in [0, 0.05) is 28.5 Å². The number of hydrogen-bond donors (Lipinski definition) is 2. The van der Waals surface area contributed by atoms with Gasteiger partial charge in [-0.25, -0.2) is 9.78 Å². The molecule has 1 aromatic heterocycles. The number of urea groups is 1. The van der Waals surface area contributed by atoms with Gasteiger partial charge in [0.2, 0.25) is 0 Å². The molecule has 0 saturated heterocycles. The van der Waals surface area contributed by atoms with Crippen molar-refractivity contribution in [2.75, 3.05) is 10.6 Å². The molecule has 3 rings (SSSR count). The molecule has 0 fully saturated rings. The van der Waals surface area contributed by atoms with E-state index < -0.39 is 4.92 Å². The molecule has 7 nitrogen and oxygen atoms in total. The number of aromatic nitrogens is 1. The molecule has 2 aromatic carbocycles. The number of nitrogens with one attached hydrogen (secondary N) is 2. The zero-order valence-corrected chi connectivity index (χ0v) is 19.3. The zero-order valence-electron chi connectivity index (χ0n) is 18.5. The van der Waals surface area contributed by atoms with Gasteiger partial charge in [-0.3, -0.25) is 10.1 Å². The molecule has 32 heavy (non-hydrogen) atoms. The van der Waals surface area contributed by atoms with Crippen molar-refractivity contribution in [3.63, 3.8) is 0 Å². The molecule has 2 N–H and O–H groups in total. The van der Waals surface area contributed by atoms with E-state index in [0.29, 0.717) is 10.7 Å². The topological polar surface area (TPSA) is 97.2 Å². The first kappa shape index (κ1) is 23.3. The van der Waals surface area contributed by atoms with Gasteiger partial charge in [0.25, 0.3) is 0 Å². The van der Waals surface area contributed by atoms with E-state index in [0.717, 1.165) is 21.7 Å². The van der Waals surface area contributed by atoms with Crippen molar-refractivity contribution in [3.8, 4) is 0 Å². The Hall–Kier alpha value is -3.39. The van der Waals surface area contributed by atoms with Crippen LogP contribution in [0.25, 0.3) is 0 Å². The highest BCUT2D eigenvalue weighted by Gasteiger charge is 2.17. The Bertz CT molecular complexity index is 1090. The fourth-order valence-corrected chi connectivity index (χ4v) is 4.15. The molecule has 8 heteroatoms. The average Bonchev–Trinajstić information content (AvgIpc) is 2.75. The van der Waals surface area contributed by atoms with E-state index in [4.69, 9.17) is 0 Å². The summed E-state index contributed by atoms with van der Waals surface area (Å²) >= 11 is 1.20. The number of rotatable bonds is 7. The van der Waals surface area contributed by atoms with Gasteiger partial charge in [-0.1, -0.05) is 57.7 Å². The van der Waals surface area contributed by atoms with Gasteiger partial charge in [-0.05, 0) is 53.3 Å². The summed E-state index contributed by atoms with van der Waals surface area (Å²) in [6, 6.07) is 15.8. The molecule has 0 atom stereocenters. The van der Waals surface area contributed by atoms with E-state index in [1.54, 1.807) is 24.3 Å². The number of hydrogen-bond acceptors (Lipinski definition) is 5. The molecule has 1 heterocycles. The van der Waals surface area contributed by atoms with Gasteiger partial charge in [0.1, 0.15) is 0 Å². The van der Waals surface area contributed by atoms with Crippen molar-refractivity contribution in [1.82, 2.24) is 4.98 Å². The Labute approximate surface area is 191 Å². The van der Waals surface area contributed by atoms with Crippen molar-refractivity contribution in [2.45, 2.75) is 49.5 Å². The van der Waals surface area contributed by atoms with Crippen LogP contribution in [-0.4, -0.2) is 15.9 Å².